The summed E-state index contributed by atoms with van der Waals surface area (Å²) in [5.74, 6) is 0. The minimum Gasteiger partial charge on any atom is -0.306 e. The summed E-state index contributed by atoms with van der Waals surface area (Å²) in [4.78, 5) is 26.3. The molecule has 0 saturated heterocycles. The van der Waals surface area contributed by atoms with Gasteiger partial charge in [0.1, 0.15) is 12.0 Å². The third-order valence-electron chi connectivity index (χ3n) is 2.97. The molecule has 0 unspecified atom stereocenters. The zero-order chi connectivity index (χ0) is 13.9. The van der Waals surface area contributed by atoms with E-state index in [1.807, 2.05) is 30.3 Å². The third-order valence-corrected chi connectivity index (χ3v) is 2.97. The number of imidazole rings is 1. The maximum Gasteiger partial charge on any atom is 0.255 e. The van der Waals surface area contributed by atoms with Gasteiger partial charge in [0.05, 0.1) is 0 Å². The van der Waals surface area contributed by atoms with Crippen LogP contribution in [0.2, 0.25) is 0 Å². The first-order valence-electron chi connectivity index (χ1n) is 6.05. The van der Waals surface area contributed by atoms with Gasteiger partial charge in [0, 0.05) is 29.8 Å². The van der Waals surface area contributed by atoms with Gasteiger partial charge in [-0.25, -0.2) is 4.98 Å². The monoisotopic (exact) mass is 265 g/mol. The average Bonchev–Trinajstić information content (AvgIpc) is 2.97. The van der Waals surface area contributed by atoms with Crippen LogP contribution in [0.3, 0.4) is 0 Å². The largest absolute Gasteiger partial charge is 0.306 e. The molecule has 0 radical (unpaired) electrons. The van der Waals surface area contributed by atoms with Gasteiger partial charge in [0.2, 0.25) is 0 Å². The lowest BCUT2D eigenvalue weighted by atomic mass is 10.2. The Morgan fingerprint density at radius 1 is 1.00 bits per heavy atom. The van der Waals surface area contributed by atoms with Crippen molar-refractivity contribution >= 4 is 6.29 Å². The van der Waals surface area contributed by atoms with Gasteiger partial charge in [-0.15, -0.1) is 0 Å². The molecule has 2 heterocycles. The normalized spacial score (nSPS) is 10.4. The topological polar surface area (TPSA) is 56.9 Å². The summed E-state index contributed by atoms with van der Waals surface area (Å²) in [7, 11) is 0. The van der Waals surface area contributed by atoms with E-state index in [9.17, 15) is 9.59 Å². The zero-order valence-corrected chi connectivity index (χ0v) is 10.5. The SMILES string of the molecule is O=Cc1cn(-c2ccc(-n3ccccc3=O)cc2)cn1. The minimum atomic E-state index is -0.0777. The van der Waals surface area contributed by atoms with Crippen LogP contribution < -0.4 is 5.56 Å². The molecule has 0 spiro atoms. The molecule has 98 valence electrons. The molecule has 5 nitrogen and oxygen atoms in total. The number of carbonyl (C=O) groups is 1. The minimum absolute atomic E-state index is 0.0777. The molecule has 0 aliphatic heterocycles. The van der Waals surface area contributed by atoms with Crippen molar-refractivity contribution in [2.45, 2.75) is 0 Å². The Morgan fingerprint density at radius 2 is 1.75 bits per heavy atom. The number of hydrogen-bond acceptors (Lipinski definition) is 3. The van der Waals surface area contributed by atoms with Crippen LogP contribution in [0.4, 0.5) is 0 Å². The van der Waals surface area contributed by atoms with E-state index < -0.39 is 0 Å². The van der Waals surface area contributed by atoms with Crippen molar-refractivity contribution < 1.29 is 4.79 Å². The highest BCUT2D eigenvalue weighted by atomic mass is 16.1. The Balaban J connectivity index is 1.97. The molecule has 0 aliphatic rings. The number of carbonyl (C=O) groups excluding carboxylic acids is 1. The quantitative estimate of drug-likeness (QED) is 0.679. The molecule has 5 heteroatoms. The van der Waals surface area contributed by atoms with E-state index in [4.69, 9.17) is 0 Å². The van der Waals surface area contributed by atoms with Crippen LogP contribution in [0.15, 0.2) is 66.0 Å². The molecule has 3 aromatic rings. The van der Waals surface area contributed by atoms with Gasteiger partial charge in [0.15, 0.2) is 6.29 Å². The lowest BCUT2D eigenvalue weighted by Gasteiger charge is -2.06. The van der Waals surface area contributed by atoms with E-state index in [0.29, 0.717) is 12.0 Å². The molecule has 3 rings (SSSR count). The van der Waals surface area contributed by atoms with Crippen molar-refractivity contribution in [2.24, 2.45) is 0 Å². The summed E-state index contributed by atoms with van der Waals surface area (Å²) in [5.41, 5.74) is 1.97. The molecule has 2 aromatic heterocycles. The third kappa shape index (κ3) is 2.16. The van der Waals surface area contributed by atoms with E-state index in [1.54, 1.807) is 33.9 Å². The van der Waals surface area contributed by atoms with Crippen molar-refractivity contribution in [3.63, 3.8) is 0 Å². The van der Waals surface area contributed by atoms with Crippen molar-refractivity contribution in [3.8, 4) is 11.4 Å². The van der Waals surface area contributed by atoms with Gasteiger partial charge in [-0.3, -0.25) is 14.2 Å². The Bertz CT molecular complexity index is 800. The van der Waals surface area contributed by atoms with Crippen LogP contribution in [0.1, 0.15) is 10.5 Å². The molecule has 0 amide bonds. The molecular weight excluding hydrogens is 254 g/mol. The smallest absolute Gasteiger partial charge is 0.255 e. The maximum atomic E-state index is 11.7. The Labute approximate surface area is 114 Å². The van der Waals surface area contributed by atoms with Gasteiger partial charge in [-0.1, -0.05) is 6.07 Å². The maximum absolute atomic E-state index is 11.7. The first-order valence-corrected chi connectivity index (χ1v) is 6.05. The van der Waals surface area contributed by atoms with Crippen LogP contribution in [-0.4, -0.2) is 20.4 Å². The second kappa shape index (κ2) is 4.97. The molecule has 1 aromatic carbocycles. The number of nitrogens with zero attached hydrogens (tertiary/aromatic N) is 3. The molecule has 0 bridgehead atoms. The Hall–Kier alpha value is -2.95. The second-order valence-electron chi connectivity index (χ2n) is 4.25. The van der Waals surface area contributed by atoms with Crippen LogP contribution >= 0.6 is 0 Å². The molecule has 20 heavy (non-hydrogen) atoms. The summed E-state index contributed by atoms with van der Waals surface area (Å²) in [5, 5.41) is 0. The highest BCUT2D eigenvalue weighted by molar-refractivity contribution is 5.71. The predicted octanol–water partition coefficient (Wildman–Crippen LogP) is 1.84. The van der Waals surface area contributed by atoms with Crippen molar-refractivity contribution in [1.29, 1.82) is 0 Å². The molecule has 0 saturated carbocycles. The fourth-order valence-corrected chi connectivity index (χ4v) is 1.97. The first kappa shape index (κ1) is 12.1. The number of rotatable bonds is 3. The van der Waals surface area contributed by atoms with Gasteiger partial charge in [-0.2, -0.15) is 0 Å². The Kier molecular flexibility index (Phi) is 3.01. The summed E-state index contributed by atoms with van der Waals surface area (Å²) in [6.07, 6.45) is 5.65. The number of aldehydes is 1. The Morgan fingerprint density at radius 3 is 2.40 bits per heavy atom. The van der Waals surface area contributed by atoms with E-state index in [0.717, 1.165) is 11.4 Å². The first-order chi connectivity index (χ1) is 9.78. The fourth-order valence-electron chi connectivity index (χ4n) is 1.97. The van der Waals surface area contributed by atoms with E-state index in [1.165, 1.54) is 6.07 Å². The lowest BCUT2D eigenvalue weighted by Crippen LogP contribution is -2.15. The highest BCUT2D eigenvalue weighted by Gasteiger charge is 2.01. The summed E-state index contributed by atoms with van der Waals surface area (Å²) in [6, 6.07) is 12.5. The van der Waals surface area contributed by atoms with Gasteiger partial charge in [-0.05, 0) is 30.3 Å². The fraction of sp³-hybridized carbons (Fsp3) is 0. The van der Waals surface area contributed by atoms with E-state index in [2.05, 4.69) is 4.98 Å². The van der Waals surface area contributed by atoms with E-state index in [-0.39, 0.29) is 5.56 Å². The van der Waals surface area contributed by atoms with Crippen molar-refractivity contribution in [1.82, 2.24) is 14.1 Å². The summed E-state index contributed by atoms with van der Waals surface area (Å²) >= 11 is 0. The second-order valence-corrected chi connectivity index (χ2v) is 4.25. The standard InChI is InChI=1S/C15H11N3O2/c19-10-12-9-17(11-16-12)13-4-6-14(7-5-13)18-8-2-1-3-15(18)20/h1-11H. The number of hydrogen-bond donors (Lipinski definition) is 0. The highest BCUT2D eigenvalue weighted by Crippen LogP contribution is 2.12. The van der Waals surface area contributed by atoms with Crippen LogP contribution in [0.25, 0.3) is 11.4 Å². The summed E-state index contributed by atoms with van der Waals surface area (Å²) in [6.45, 7) is 0. The molecule has 0 atom stereocenters. The van der Waals surface area contributed by atoms with Gasteiger partial charge in [0.25, 0.3) is 5.56 Å². The number of aromatic nitrogens is 3. The summed E-state index contributed by atoms with van der Waals surface area (Å²) < 4.78 is 3.32. The average molecular weight is 265 g/mol. The molecule has 0 N–H and O–H groups in total. The van der Waals surface area contributed by atoms with Gasteiger partial charge >= 0.3 is 0 Å². The van der Waals surface area contributed by atoms with Crippen molar-refractivity contribution in [2.75, 3.05) is 0 Å². The number of pyridine rings is 1. The van der Waals surface area contributed by atoms with Crippen LogP contribution in [0.5, 0.6) is 0 Å². The zero-order valence-electron chi connectivity index (χ0n) is 10.5. The molecular formula is C15H11N3O2. The van der Waals surface area contributed by atoms with Crippen LogP contribution in [0, 0.1) is 0 Å². The number of benzene rings is 1. The molecule has 0 fully saturated rings. The predicted molar refractivity (Wildman–Crippen MR) is 74.5 cm³/mol. The van der Waals surface area contributed by atoms with E-state index >= 15 is 0 Å². The lowest BCUT2D eigenvalue weighted by molar-refractivity contribution is 0.111. The van der Waals surface area contributed by atoms with Crippen molar-refractivity contribution in [3.05, 3.63) is 77.2 Å². The molecule has 0 aliphatic carbocycles. The van der Waals surface area contributed by atoms with Gasteiger partial charge < -0.3 is 4.57 Å². The van der Waals surface area contributed by atoms with Crippen LogP contribution in [-0.2, 0) is 0 Å².